The SMILES string of the molecule is C#Cc1c(F)ccc2cc(O)cc(-c3nc4c5c(nc(OCC6(CN7CCC(OC(F)(F)F)CC7)CC6)nc5c3F)N3C[C@@H]5CC[C@@H](N5)[C@H]3CC4)c12. The first-order chi connectivity index (χ1) is 25.0. The topological polar surface area (TPSA) is 95.9 Å². The van der Waals surface area contributed by atoms with Gasteiger partial charge < -0.3 is 25.0 Å². The van der Waals surface area contributed by atoms with E-state index >= 15 is 8.78 Å². The largest absolute Gasteiger partial charge is 0.522 e. The molecule has 0 unspecified atom stereocenters. The van der Waals surface area contributed by atoms with Crippen molar-refractivity contribution in [2.24, 2.45) is 5.41 Å². The minimum absolute atomic E-state index is 0.0238. The minimum atomic E-state index is -4.64. The Bertz CT molecular complexity index is 2130. The van der Waals surface area contributed by atoms with Crippen LogP contribution in [0.4, 0.5) is 27.8 Å². The van der Waals surface area contributed by atoms with Gasteiger partial charge in [-0.05, 0) is 75.0 Å². The summed E-state index contributed by atoms with van der Waals surface area (Å²) in [4.78, 5) is 18.9. The number of phenolic OH excluding ortho intramolecular Hbond substituents is 1. The molecule has 1 saturated carbocycles. The molecule has 6 heterocycles. The number of benzene rings is 2. The second kappa shape index (κ2) is 12.4. The predicted molar refractivity (Wildman–Crippen MR) is 183 cm³/mol. The number of alkyl halides is 3. The van der Waals surface area contributed by atoms with Gasteiger partial charge in [0.15, 0.2) is 5.82 Å². The van der Waals surface area contributed by atoms with Crippen molar-refractivity contribution < 1.29 is 36.5 Å². The number of aromatic nitrogens is 3. The average Bonchev–Trinajstić information content (AvgIpc) is 3.80. The van der Waals surface area contributed by atoms with Gasteiger partial charge >= 0.3 is 12.4 Å². The lowest BCUT2D eigenvalue weighted by Gasteiger charge is -2.41. The highest BCUT2D eigenvalue weighted by Gasteiger charge is 2.47. The fourth-order valence-corrected chi connectivity index (χ4v) is 8.95. The molecule has 14 heteroatoms. The van der Waals surface area contributed by atoms with E-state index in [1.165, 1.54) is 24.3 Å². The lowest BCUT2D eigenvalue weighted by molar-refractivity contribution is -0.345. The van der Waals surface area contributed by atoms with Crippen LogP contribution in [-0.4, -0.2) is 88.3 Å². The number of likely N-dealkylation sites (tertiary alicyclic amines) is 1. The molecule has 1 aliphatic carbocycles. The number of phenols is 1. The van der Waals surface area contributed by atoms with E-state index in [9.17, 15) is 18.3 Å². The maximum Gasteiger partial charge on any atom is 0.522 e. The van der Waals surface area contributed by atoms with Gasteiger partial charge in [0.25, 0.3) is 0 Å². The summed E-state index contributed by atoms with van der Waals surface area (Å²) < 4.78 is 81.0. The molecule has 4 fully saturated rings. The first kappa shape index (κ1) is 33.5. The molecule has 2 aromatic heterocycles. The lowest BCUT2D eigenvalue weighted by Crippen LogP contribution is -2.58. The molecule has 4 aromatic rings. The number of pyridine rings is 1. The third kappa shape index (κ3) is 5.96. The number of rotatable bonds is 7. The highest BCUT2D eigenvalue weighted by atomic mass is 19.4. The number of hydrogen-bond donors (Lipinski definition) is 2. The molecule has 9 nitrogen and oxygen atoms in total. The quantitative estimate of drug-likeness (QED) is 0.170. The summed E-state index contributed by atoms with van der Waals surface area (Å²) in [5, 5.41) is 15.6. The van der Waals surface area contributed by atoms with Crippen molar-refractivity contribution in [3.63, 3.8) is 0 Å². The summed E-state index contributed by atoms with van der Waals surface area (Å²) in [5.41, 5.74) is 0.410. The highest BCUT2D eigenvalue weighted by molar-refractivity contribution is 6.03. The summed E-state index contributed by atoms with van der Waals surface area (Å²) in [5.74, 6) is 1.42. The molecule has 2 bridgehead atoms. The Morgan fingerprint density at radius 1 is 1.02 bits per heavy atom. The predicted octanol–water partition coefficient (Wildman–Crippen LogP) is 6.23. The lowest BCUT2D eigenvalue weighted by atomic mass is 9.95. The molecule has 4 aliphatic heterocycles. The van der Waals surface area contributed by atoms with Gasteiger partial charge in [0.1, 0.15) is 28.6 Å². The first-order valence-electron chi connectivity index (χ1n) is 17.9. The highest BCUT2D eigenvalue weighted by Crippen LogP contribution is 2.48. The number of ether oxygens (including phenoxy) is 2. The zero-order valence-electron chi connectivity index (χ0n) is 28.3. The molecule has 5 aliphatic rings. The van der Waals surface area contributed by atoms with Crippen molar-refractivity contribution in [3.8, 4) is 35.4 Å². The molecule has 0 radical (unpaired) electrons. The number of terminal acetylenes is 1. The molecule has 0 amide bonds. The number of piperidine rings is 1. The molecular weight excluding hydrogens is 683 g/mol. The van der Waals surface area contributed by atoms with Gasteiger partial charge in [-0.25, -0.2) is 13.8 Å². The van der Waals surface area contributed by atoms with Crippen LogP contribution in [0.3, 0.4) is 0 Å². The summed E-state index contributed by atoms with van der Waals surface area (Å²) in [7, 11) is 0. The zero-order valence-corrected chi connectivity index (χ0v) is 28.3. The number of fused-ring (bicyclic) bond motifs is 6. The van der Waals surface area contributed by atoms with E-state index < -0.39 is 24.1 Å². The molecule has 272 valence electrons. The summed E-state index contributed by atoms with van der Waals surface area (Å²) in [6.45, 7) is 2.59. The number of aromatic hydroxyl groups is 1. The second-order valence-electron chi connectivity index (χ2n) is 15.1. The van der Waals surface area contributed by atoms with Crippen LogP contribution in [0.15, 0.2) is 24.3 Å². The van der Waals surface area contributed by atoms with E-state index in [0.717, 1.165) is 32.1 Å². The number of anilines is 1. The van der Waals surface area contributed by atoms with Gasteiger partial charge in [0.05, 0.1) is 29.4 Å². The minimum Gasteiger partial charge on any atom is -0.508 e. The molecule has 0 spiro atoms. The molecule has 52 heavy (non-hydrogen) atoms. The standard InChI is InChI=1S/C38H37F5N6O3/c1-2-24-26(39)5-3-20-15-22(50)16-25(30(20)24)33-32(40)34-31-28(45-33)7-8-29-27-6-4-21(44-27)17-49(29)35(31)47-36(46-34)51-19-37(11-12-37)18-48-13-9-23(10-14-48)52-38(41,42)43/h1,3,5,15-16,21,23,27,29,44,50H,4,6-14,17-19H2/t21-,27+,29+/m0/s1. The maximum absolute atomic E-state index is 17.2. The Morgan fingerprint density at radius 2 is 1.83 bits per heavy atom. The number of piperazine rings is 1. The van der Waals surface area contributed by atoms with Crippen LogP contribution in [0.2, 0.25) is 0 Å². The fraction of sp³-hybridized carbons (Fsp3) is 0.500. The monoisotopic (exact) mass is 720 g/mol. The fourth-order valence-electron chi connectivity index (χ4n) is 8.95. The molecule has 9 rings (SSSR count). The smallest absolute Gasteiger partial charge is 0.508 e. The Morgan fingerprint density at radius 3 is 2.58 bits per heavy atom. The van der Waals surface area contributed by atoms with Gasteiger partial charge in [0, 0.05) is 60.7 Å². The number of nitrogens with one attached hydrogen (secondary N) is 1. The molecular formula is C38H37F5N6O3. The number of halogens is 5. The number of aryl methyl sites for hydroxylation is 1. The summed E-state index contributed by atoms with van der Waals surface area (Å²) in [6.07, 6.45) is 5.92. The Balaban J connectivity index is 1.09. The maximum atomic E-state index is 17.2. The van der Waals surface area contributed by atoms with Crippen molar-refractivity contribution in [1.82, 2.24) is 25.2 Å². The molecule has 2 aromatic carbocycles. The van der Waals surface area contributed by atoms with Gasteiger partial charge in [-0.2, -0.15) is 9.97 Å². The third-order valence-electron chi connectivity index (χ3n) is 11.6. The van der Waals surface area contributed by atoms with Gasteiger partial charge in [-0.3, -0.25) is 4.74 Å². The van der Waals surface area contributed by atoms with Crippen LogP contribution < -0.4 is 15.0 Å². The van der Waals surface area contributed by atoms with E-state index in [-0.39, 0.29) is 69.6 Å². The Hall–Kier alpha value is -4.32. The Labute approximate surface area is 296 Å². The normalized spacial score (nSPS) is 24.2. The number of hydrogen-bond acceptors (Lipinski definition) is 9. The van der Waals surface area contributed by atoms with Crippen LogP contribution in [0, 0.1) is 29.4 Å². The van der Waals surface area contributed by atoms with Gasteiger partial charge in [0.2, 0.25) is 0 Å². The van der Waals surface area contributed by atoms with E-state index in [1.807, 2.05) is 0 Å². The average molecular weight is 721 g/mol. The zero-order chi connectivity index (χ0) is 35.9. The molecule has 2 N–H and O–H groups in total. The van der Waals surface area contributed by atoms with Crippen molar-refractivity contribution in [3.05, 3.63) is 47.2 Å². The van der Waals surface area contributed by atoms with E-state index in [2.05, 4.69) is 30.8 Å². The van der Waals surface area contributed by atoms with Gasteiger partial charge in [-0.15, -0.1) is 19.6 Å². The van der Waals surface area contributed by atoms with Crippen LogP contribution in [0.1, 0.15) is 56.2 Å². The van der Waals surface area contributed by atoms with E-state index in [4.69, 9.17) is 21.1 Å². The van der Waals surface area contributed by atoms with Crippen LogP contribution in [0.25, 0.3) is 32.9 Å². The molecule has 3 saturated heterocycles. The second-order valence-corrected chi connectivity index (χ2v) is 15.1. The third-order valence-corrected chi connectivity index (χ3v) is 11.6. The molecule has 3 atom stereocenters. The van der Waals surface area contributed by atoms with Crippen LogP contribution in [-0.2, 0) is 11.2 Å². The first-order valence-corrected chi connectivity index (χ1v) is 17.9. The summed E-state index contributed by atoms with van der Waals surface area (Å²) >= 11 is 0. The van der Waals surface area contributed by atoms with Gasteiger partial charge in [-0.1, -0.05) is 12.0 Å². The van der Waals surface area contributed by atoms with Crippen molar-refractivity contribution in [2.75, 3.05) is 37.7 Å². The van der Waals surface area contributed by atoms with Crippen molar-refractivity contribution >= 4 is 27.5 Å². The Kier molecular flexibility index (Phi) is 7.98. The number of nitrogens with zero attached hydrogens (tertiary/aromatic N) is 5. The van der Waals surface area contributed by atoms with E-state index in [1.54, 1.807) is 0 Å². The van der Waals surface area contributed by atoms with Crippen LogP contribution >= 0.6 is 0 Å². The summed E-state index contributed by atoms with van der Waals surface area (Å²) in [6, 6.07) is 6.13. The van der Waals surface area contributed by atoms with Crippen molar-refractivity contribution in [1.29, 1.82) is 0 Å². The van der Waals surface area contributed by atoms with E-state index in [0.29, 0.717) is 67.7 Å². The van der Waals surface area contributed by atoms with Crippen LogP contribution in [0.5, 0.6) is 11.8 Å². The van der Waals surface area contributed by atoms with Crippen molar-refractivity contribution in [2.45, 2.75) is 82.0 Å².